The Morgan fingerprint density at radius 2 is 1.91 bits per heavy atom. The molecule has 0 aromatic heterocycles. The highest BCUT2D eigenvalue weighted by Gasteiger charge is 2.29. The zero-order valence-corrected chi connectivity index (χ0v) is 19.0. The molecule has 0 saturated heterocycles. The van der Waals surface area contributed by atoms with Gasteiger partial charge in [0.25, 0.3) is 5.91 Å². The van der Waals surface area contributed by atoms with Crippen LogP contribution in [0.3, 0.4) is 0 Å². The monoisotopic (exact) mass is 439 g/mol. The molecule has 168 valence electrons. The molecule has 0 fully saturated rings. The number of benzodiazepines with no additional fused rings is 1. The molecule has 0 saturated carbocycles. The fraction of sp³-hybridized carbons (Fsp3) is 0.222. The number of hydrogen-bond acceptors (Lipinski definition) is 5. The van der Waals surface area contributed by atoms with Crippen LogP contribution in [0.1, 0.15) is 30.9 Å². The summed E-state index contributed by atoms with van der Waals surface area (Å²) >= 11 is 0. The average Bonchev–Trinajstić information content (AvgIpc) is 2.99. The Morgan fingerprint density at radius 3 is 2.67 bits per heavy atom. The Labute approximate surface area is 194 Å². The zero-order chi connectivity index (χ0) is 23.2. The molecule has 2 aliphatic heterocycles. The van der Waals surface area contributed by atoms with Crippen molar-refractivity contribution in [2.24, 2.45) is 4.99 Å². The summed E-state index contributed by atoms with van der Waals surface area (Å²) in [7, 11) is 1.87. The van der Waals surface area contributed by atoms with Crippen LogP contribution in [0.25, 0.3) is 0 Å². The molecule has 2 aliphatic rings. The molecule has 33 heavy (non-hydrogen) atoms. The number of amides is 1. The first-order chi connectivity index (χ1) is 16.1. The molecule has 2 heterocycles. The van der Waals surface area contributed by atoms with Crippen LogP contribution in [0.5, 0.6) is 0 Å². The summed E-state index contributed by atoms with van der Waals surface area (Å²) in [5.41, 5.74) is 6.29. The molecule has 0 radical (unpaired) electrons. The van der Waals surface area contributed by atoms with Gasteiger partial charge in [0, 0.05) is 41.4 Å². The summed E-state index contributed by atoms with van der Waals surface area (Å²) in [6, 6.07) is 17.7. The highest BCUT2D eigenvalue weighted by atomic mass is 16.2. The molecule has 1 amide bonds. The fourth-order valence-corrected chi connectivity index (χ4v) is 4.17. The molecule has 6 nitrogen and oxygen atoms in total. The largest absolute Gasteiger partial charge is 0.361 e. The minimum atomic E-state index is -0.735. The molecule has 6 heteroatoms. The van der Waals surface area contributed by atoms with E-state index in [4.69, 9.17) is 10.4 Å². The number of dihydropyridines is 1. The molecular weight excluding hydrogens is 410 g/mol. The predicted molar refractivity (Wildman–Crippen MR) is 135 cm³/mol. The van der Waals surface area contributed by atoms with Gasteiger partial charge in [-0.25, -0.2) is 0 Å². The van der Waals surface area contributed by atoms with Gasteiger partial charge in [0.2, 0.25) is 0 Å². The van der Waals surface area contributed by atoms with E-state index < -0.39 is 6.17 Å². The lowest BCUT2D eigenvalue weighted by Gasteiger charge is -2.26. The topological polar surface area (TPSA) is 80.6 Å². The van der Waals surface area contributed by atoms with Crippen molar-refractivity contribution in [3.8, 4) is 0 Å². The summed E-state index contributed by atoms with van der Waals surface area (Å²) in [4.78, 5) is 20.1. The number of carbonyl (C=O) groups is 1. The van der Waals surface area contributed by atoms with Gasteiger partial charge in [-0.05, 0) is 31.2 Å². The smallest absolute Gasteiger partial charge is 0.264 e. The van der Waals surface area contributed by atoms with Crippen molar-refractivity contribution in [3.05, 3.63) is 101 Å². The molecule has 1 unspecified atom stereocenters. The predicted octanol–water partition coefficient (Wildman–Crippen LogP) is 4.48. The maximum absolute atomic E-state index is 13.2. The summed E-state index contributed by atoms with van der Waals surface area (Å²) in [5.74, 6) is -0.189. The minimum Gasteiger partial charge on any atom is -0.361 e. The van der Waals surface area contributed by atoms with E-state index in [0.717, 1.165) is 52.2 Å². The standard InChI is InChI=1S/C27H29N5O/c1-3-10-19-13-9-16-29-24(19)21(17-28)18-32(2)26-27(33)30-23-15-8-7-14-22(23)25(31-26)20-11-5-4-6-12-20/h4-9,11-17,26,28-29H,3,10,18H2,1-2H3,(H,30,33)/b24-21+,28-17?. The van der Waals surface area contributed by atoms with Crippen LogP contribution in [0.4, 0.5) is 5.69 Å². The highest BCUT2D eigenvalue weighted by molar-refractivity contribution is 6.19. The molecule has 2 aromatic carbocycles. The molecule has 0 spiro atoms. The van der Waals surface area contributed by atoms with Crippen LogP contribution in [0, 0.1) is 5.41 Å². The number of carbonyl (C=O) groups excluding carboxylic acids is 1. The van der Waals surface area contributed by atoms with Crippen LogP contribution >= 0.6 is 0 Å². The van der Waals surface area contributed by atoms with Crippen molar-refractivity contribution < 1.29 is 4.79 Å². The molecular formula is C27H29N5O. The molecule has 2 aromatic rings. The number of nitrogens with one attached hydrogen (secondary N) is 3. The van der Waals surface area contributed by atoms with Crippen LogP contribution in [0.15, 0.2) is 94.8 Å². The van der Waals surface area contributed by atoms with E-state index in [2.05, 4.69) is 23.6 Å². The fourth-order valence-electron chi connectivity index (χ4n) is 4.17. The molecule has 0 aliphatic carbocycles. The number of fused-ring (bicyclic) bond motifs is 1. The molecule has 4 rings (SSSR count). The lowest BCUT2D eigenvalue weighted by molar-refractivity contribution is -0.120. The Kier molecular flexibility index (Phi) is 6.95. The van der Waals surface area contributed by atoms with E-state index in [-0.39, 0.29) is 5.91 Å². The normalized spacial score (nSPS) is 19.0. The van der Waals surface area contributed by atoms with E-state index in [0.29, 0.717) is 6.54 Å². The molecule has 1 atom stereocenters. The Morgan fingerprint density at radius 1 is 1.15 bits per heavy atom. The van der Waals surface area contributed by atoms with E-state index in [1.54, 1.807) is 0 Å². The zero-order valence-electron chi connectivity index (χ0n) is 19.0. The Hall–Kier alpha value is -3.77. The molecule has 3 N–H and O–H groups in total. The van der Waals surface area contributed by atoms with Gasteiger partial charge in [-0.1, -0.05) is 68.0 Å². The van der Waals surface area contributed by atoms with E-state index in [1.165, 1.54) is 6.21 Å². The number of allylic oxidation sites excluding steroid dienone is 3. The summed E-state index contributed by atoms with van der Waals surface area (Å²) in [6.07, 6.45) is 8.50. The number of nitrogens with zero attached hydrogens (tertiary/aromatic N) is 2. The Balaban J connectivity index is 1.71. The third-order valence-corrected chi connectivity index (χ3v) is 5.77. The second kappa shape index (κ2) is 10.2. The Bertz CT molecular complexity index is 1160. The maximum atomic E-state index is 13.2. The van der Waals surface area contributed by atoms with Gasteiger partial charge >= 0.3 is 0 Å². The second-order valence-corrected chi connectivity index (χ2v) is 8.16. The quantitative estimate of drug-likeness (QED) is 0.557. The first kappa shape index (κ1) is 22.4. The van der Waals surface area contributed by atoms with Gasteiger partial charge < -0.3 is 16.0 Å². The van der Waals surface area contributed by atoms with Crippen LogP contribution in [0.2, 0.25) is 0 Å². The number of hydrogen-bond donors (Lipinski definition) is 3. The van der Waals surface area contributed by atoms with Crippen LogP contribution in [-0.2, 0) is 4.79 Å². The van der Waals surface area contributed by atoms with Crippen molar-refractivity contribution in [2.45, 2.75) is 25.9 Å². The van der Waals surface area contributed by atoms with Crippen molar-refractivity contribution in [1.82, 2.24) is 10.2 Å². The van der Waals surface area contributed by atoms with E-state index in [1.807, 2.05) is 78.8 Å². The van der Waals surface area contributed by atoms with Gasteiger partial charge in [-0.15, -0.1) is 0 Å². The van der Waals surface area contributed by atoms with Gasteiger partial charge in [0.1, 0.15) is 0 Å². The minimum absolute atomic E-state index is 0.189. The van der Waals surface area contributed by atoms with Crippen molar-refractivity contribution in [1.29, 1.82) is 5.41 Å². The third-order valence-electron chi connectivity index (χ3n) is 5.77. The van der Waals surface area contributed by atoms with Crippen LogP contribution in [-0.4, -0.2) is 42.5 Å². The van der Waals surface area contributed by atoms with Crippen molar-refractivity contribution in [2.75, 3.05) is 18.9 Å². The van der Waals surface area contributed by atoms with E-state index >= 15 is 0 Å². The first-order valence-corrected chi connectivity index (χ1v) is 11.2. The first-order valence-electron chi connectivity index (χ1n) is 11.2. The lowest BCUT2D eigenvalue weighted by atomic mass is 10.00. The second-order valence-electron chi connectivity index (χ2n) is 8.16. The summed E-state index contributed by atoms with van der Waals surface area (Å²) in [6.45, 7) is 2.54. The number of anilines is 1. The summed E-state index contributed by atoms with van der Waals surface area (Å²) in [5, 5.41) is 14.4. The third kappa shape index (κ3) is 4.86. The average molecular weight is 440 g/mol. The van der Waals surface area contributed by atoms with Crippen molar-refractivity contribution >= 4 is 23.5 Å². The molecule has 0 bridgehead atoms. The number of aliphatic imine (C=N–C) groups is 1. The number of likely N-dealkylation sites (N-methyl/N-ethyl adjacent to an activating group) is 1. The van der Waals surface area contributed by atoms with Gasteiger partial charge in [0.05, 0.1) is 11.4 Å². The van der Waals surface area contributed by atoms with Gasteiger partial charge in [-0.2, -0.15) is 0 Å². The number of para-hydroxylation sites is 1. The highest BCUT2D eigenvalue weighted by Crippen LogP contribution is 2.26. The maximum Gasteiger partial charge on any atom is 0.264 e. The van der Waals surface area contributed by atoms with Crippen LogP contribution < -0.4 is 10.6 Å². The number of benzene rings is 2. The SMILES string of the molecule is CCCC1=CC=CN/C1=C(\C=N)CN(C)C1N=C(c2ccccc2)c2ccccc2NC1=O. The number of rotatable bonds is 7. The van der Waals surface area contributed by atoms with E-state index in [9.17, 15) is 4.79 Å². The van der Waals surface area contributed by atoms with Crippen molar-refractivity contribution in [3.63, 3.8) is 0 Å². The van der Waals surface area contributed by atoms with Gasteiger partial charge in [0.15, 0.2) is 6.17 Å². The van der Waals surface area contributed by atoms with Gasteiger partial charge in [-0.3, -0.25) is 14.7 Å². The lowest BCUT2D eigenvalue weighted by Crippen LogP contribution is -2.41. The summed E-state index contributed by atoms with van der Waals surface area (Å²) < 4.78 is 0.